The maximum atomic E-state index is 12.0. The monoisotopic (exact) mass is 248 g/mol. The Kier molecular flexibility index (Phi) is 7.00. The molecule has 1 heterocycles. The van der Waals surface area contributed by atoms with Crippen LogP contribution < -0.4 is 5.73 Å². The highest BCUT2D eigenvalue weighted by atomic mass is 35.5. The first-order chi connectivity index (χ1) is 7.06. The van der Waals surface area contributed by atoms with Crippen molar-refractivity contribution in [2.45, 2.75) is 58.5 Å². The van der Waals surface area contributed by atoms with Gasteiger partial charge in [-0.25, -0.2) is 0 Å². The van der Waals surface area contributed by atoms with E-state index in [1.807, 2.05) is 11.8 Å². The molecule has 1 rings (SSSR count). The molecule has 3 nitrogen and oxygen atoms in total. The molecule has 1 aliphatic rings. The predicted octanol–water partition coefficient (Wildman–Crippen LogP) is 2.18. The van der Waals surface area contributed by atoms with Gasteiger partial charge >= 0.3 is 0 Å². The molecule has 0 aromatic heterocycles. The number of rotatable bonds is 4. The highest BCUT2D eigenvalue weighted by Crippen LogP contribution is 2.24. The summed E-state index contributed by atoms with van der Waals surface area (Å²) < 4.78 is 0. The lowest BCUT2D eigenvalue weighted by molar-refractivity contribution is -0.133. The highest BCUT2D eigenvalue weighted by molar-refractivity contribution is 5.85. The summed E-state index contributed by atoms with van der Waals surface area (Å²) in [5, 5.41) is 0. The van der Waals surface area contributed by atoms with Crippen LogP contribution in [0.25, 0.3) is 0 Å². The van der Waals surface area contributed by atoms with Crippen LogP contribution in [0.5, 0.6) is 0 Å². The molecular formula is C12H25ClN2O. The Hall–Kier alpha value is -0.280. The Morgan fingerprint density at radius 3 is 2.62 bits per heavy atom. The summed E-state index contributed by atoms with van der Waals surface area (Å²) in [7, 11) is 0. The SMILES string of the molecule is CC[C@H](N)C(=O)N1CCCC1CC(C)C.Cl. The molecule has 1 aliphatic heterocycles. The van der Waals surface area contributed by atoms with Crippen molar-refractivity contribution >= 4 is 18.3 Å². The fraction of sp³-hybridized carbons (Fsp3) is 0.917. The van der Waals surface area contributed by atoms with Crippen molar-refractivity contribution in [2.24, 2.45) is 11.7 Å². The minimum atomic E-state index is -0.294. The lowest BCUT2D eigenvalue weighted by atomic mass is 10.0. The fourth-order valence-corrected chi connectivity index (χ4v) is 2.30. The van der Waals surface area contributed by atoms with E-state index >= 15 is 0 Å². The summed E-state index contributed by atoms with van der Waals surface area (Å²) in [4.78, 5) is 14.0. The van der Waals surface area contributed by atoms with E-state index in [1.54, 1.807) is 0 Å². The van der Waals surface area contributed by atoms with Gasteiger partial charge in [0.05, 0.1) is 6.04 Å². The lowest BCUT2D eigenvalue weighted by Gasteiger charge is -2.28. The van der Waals surface area contributed by atoms with Crippen LogP contribution in [-0.4, -0.2) is 29.4 Å². The van der Waals surface area contributed by atoms with Crippen molar-refractivity contribution in [2.75, 3.05) is 6.54 Å². The van der Waals surface area contributed by atoms with Gasteiger partial charge in [0.1, 0.15) is 0 Å². The van der Waals surface area contributed by atoms with Crippen molar-refractivity contribution in [1.29, 1.82) is 0 Å². The van der Waals surface area contributed by atoms with E-state index in [0.717, 1.165) is 32.2 Å². The van der Waals surface area contributed by atoms with Gasteiger partial charge < -0.3 is 10.6 Å². The number of carbonyl (C=O) groups excluding carboxylic acids is 1. The molecule has 1 unspecified atom stereocenters. The van der Waals surface area contributed by atoms with Crippen LogP contribution in [0.1, 0.15) is 46.5 Å². The minimum Gasteiger partial charge on any atom is -0.338 e. The Morgan fingerprint density at radius 1 is 1.50 bits per heavy atom. The van der Waals surface area contributed by atoms with E-state index in [4.69, 9.17) is 5.73 Å². The zero-order valence-electron chi connectivity index (χ0n) is 10.6. The number of hydrogen-bond donors (Lipinski definition) is 1. The molecule has 1 saturated heterocycles. The third kappa shape index (κ3) is 3.95. The zero-order valence-corrected chi connectivity index (χ0v) is 11.4. The maximum Gasteiger partial charge on any atom is 0.239 e. The first kappa shape index (κ1) is 15.7. The van der Waals surface area contributed by atoms with E-state index in [-0.39, 0.29) is 24.4 Å². The van der Waals surface area contributed by atoms with E-state index in [2.05, 4.69) is 13.8 Å². The van der Waals surface area contributed by atoms with Gasteiger partial charge in [0.2, 0.25) is 5.91 Å². The number of likely N-dealkylation sites (tertiary alicyclic amines) is 1. The molecule has 0 spiro atoms. The summed E-state index contributed by atoms with van der Waals surface area (Å²) in [6.07, 6.45) is 4.14. The summed E-state index contributed by atoms with van der Waals surface area (Å²) in [5.74, 6) is 0.807. The molecule has 96 valence electrons. The molecule has 0 aromatic rings. The van der Waals surface area contributed by atoms with Crippen molar-refractivity contribution < 1.29 is 4.79 Å². The van der Waals surface area contributed by atoms with Gasteiger partial charge in [-0.15, -0.1) is 12.4 Å². The Bertz CT molecular complexity index is 221. The Morgan fingerprint density at radius 2 is 2.12 bits per heavy atom. The Labute approximate surface area is 105 Å². The van der Waals surface area contributed by atoms with E-state index < -0.39 is 0 Å². The number of hydrogen-bond acceptors (Lipinski definition) is 2. The highest BCUT2D eigenvalue weighted by Gasteiger charge is 2.31. The van der Waals surface area contributed by atoms with E-state index in [9.17, 15) is 4.79 Å². The molecule has 0 aromatic carbocycles. The molecular weight excluding hydrogens is 224 g/mol. The number of nitrogens with two attached hydrogens (primary N) is 1. The summed E-state index contributed by atoms with van der Waals surface area (Å²) in [6.45, 7) is 7.29. The van der Waals surface area contributed by atoms with Gasteiger partial charge in [-0.05, 0) is 31.6 Å². The van der Waals surface area contributed by atoms with Crippen molar-refractivity contribution in [3.8, 4) is 0 Å². The van der Waals surface area contributed by atoms with Crippen molar-refractivity contribution in [1.82, 2.24) is 4.90 Å². The van der Waals surface area contributed by atoms with Gasteiger partial charge in [-0.1, -0.05) is 20.8 Å². The van der Waals surface area contributed by atoms with Gasteiger partial charge in [0.15, 0.2) is 0 Å². The quantitative estimate of drug-likeness (QED) is 0.829. The molecule has 0 saturated carbocycles. The maximum absolute atomic E-state index is 12.0. The van der Waals surface area contributed by atoms with Crippen LogP contribution in [-0.2, 0) is 4.79 Å². The smallest absolute Gasteiger partial charge is 0.239 e. The van der Waals surface area contributed by atoms with Crippen LogP contribution in [0.4, 0.5) is 0 Å². The summed E-state index contributed by atoms with van der Waals surface area (Å²) >= 11 is 0. The second-order valence-electron chi connectivity index (χ2n) is 4.97. The van der Waals surface area contributed by atoms with Crippen molar-refractivity contribution in [3.63, 3.8) is 0 Å². The van der Waals surface area contributed by atoms with Gasteiger partial charge in [-0.2, -0.15) is 0 Å². The molecule has 1 fully saturated rings. The number of halogens is 1. The third-order valence-corrected chi connectivity index (χ3v) is 3.16. The second-order valence-corrected chi connectivity index (χ2v) is 4.97. The lowest BCUT2D eigenvalue weighted by Crippen LogP contribution is -2.46. The molecule has 16 heavy (non-hydrogen) atoms. The largest absolute Gasteiger partial charge is 0.338 e. The van der Waals surface area contributed by atoms with Crippen LogP contribution >= 0.6 is 12.4 Å². The first-order valence-electron chi connectivity index (χ1n) is 6.12. The topological polar surface area (TPSA) is 46.3 Å². The standard InChI is InChI=1S/C12H24N2O.ClH/c1-4-11(13)12(15)14-7-5-6-10(14)8-9(2)3;/h9-11H,4-8,13H2,1-3H3;1H/t10?,11-;/m0./s1. The molecule has 2 N–H and O–H groups in total. The second kappa shape index (κ2) is 7.13. The van der Waals surface area contributed by atoms with Gasteiger partial charge in [-0.3, -0.25) is 4.79 Å². The van der Waals surface area contributed by atoms with Crippen LogP contribution in [0.2, 0.25) is 0 Å². The van der Waals surface area contributed by atoms with Crippen LogP contribution in [0.3, 0.4) is 0 Å². The van der Waals surface area contributed by atoms with Crippen molar-refractivity contribution in [3.05, 3.63) is 0 Å². The first-order valence-corrected chi connectivity index (χ1v) is 6.12. The molecule has 0 radical (unpaired) electrons. The van der Waals surface area contributed by atoms with Crippen LogP contribution in [0.15, 0.2) is 0 Å². The fourth-order valence-electron chi connectivity index (χ4n) is 2.30. The van der Waals surface area contributed by atoms with Gasteiger partial charge in [0, 0.05) is 12.6 Å². The normalized spacial score (nSPS) is 22.1. The van der Waals surface area contributed by atoms with Crippen LogP contribution in [0, 0.1) is 5.92 Å². The predicted molar refractivity (Wildman–Crippen MR) is 69.7 cm³/mol. The zero-order chi connectivity index (χ0) is 11.4. The van der Waals surface area contributed by atoms with Gasteiger partial charge in [0.25, 0.3) is 0 Å². The average Bonchev–Trinajstić information content (AvgIpc) is 2.62. The number of carbonyl (C=O) groups is 1. The Balaban J connectivity index is 0.00000225. The molecule has 0 aliphatic carbocycles. The average molecular weight is 249 g/mol. The minimum absolute atomic E-state index is 0. The molecule has 0 bridgehead atoms. The summed E-state index contributed by atoms with van der Waals surface area (Å²) in [5.41, 5.74) is 5.80. The molecule has 2 atom stereocenters. The van der Waals surface area contributed by atoms with E-state index in [0.29, 0.717) is 12.0 Å². The number of nitrogens with zero attached hydrogens (tertiary/aromatic N) is 1. The summed E-state index contributed by atoms with van der Waals surface area (Å²) in [6, 6.07) is 0.146. The molecule has 4 heteroatoms. The van der Waals surface area contributed by atoms with E-state index in [1.165, 1.54) is 0 Å². The third-order valence-electron chi connectivity index (χ3n) is 3.16. The number of amides is 1. The molecule has 1 amide bonds.